The summed E-state index contributed by atoms with van der Waals surface area (Å²) in [4.78, 5) is 13.1. The highest BCUT2D eigenvalue weighted by atomic mass is 19.4. The molecular weight excluding hydrogens is 489 g/mol. The van der Waals surface area contributed by atoms with E-state index in [1.54, 1.807) is 12.1 Å². The molecule has 7 nitrogen and oxygen atoms in total. The molecule has 0 N–H and O–H groups in total. The Bertz CT molecular complexity index is 1330. The summed E-state index contributed by atoms with van der Waals surface area (Å²) in [5.74, 6) is 0.453. The van der Waals surface area contributed by atoms with E-state index in [1.165, 1.54) is 31.4 Å². The topological polar surface area (TPSA) is 74.1 Å². The number of ether oxygens (including phenoxy) is 3. The molecule has 0 amide bonds. The molecule has 1 saturated heterocycles. The summed E-state index contributed by atoms with van der Waals surface area (Å²) in [6, 6.07) is 8.56. The lowest BCUT2D eigenvalue weighted by Gasteiger charge is -2.47. The van der Waals surface area contributed by atoms with E-state index >= 15 is 0 Å². The molecule has 2 aromatic carbocycles. The van der Waals surface area contributed by atoms with Crippen molar-refractivity contribution >= 4 is 11.8 Å². The van der Waals surface area contributed by atoms with Gasteiger partial charge in [-0.3, -0.25) is 10.1 Å². The van der Waals surface area contributed by atoms with Crippen LogP contribution in [-0.4, -0.2) is 29.0 Å². The van der Waals surface area contributed by atoms with Crippen LogP contribution >= 0.6 is 0 Å². The van der Waals surface area contributed by atoms with Crippen LogP contribution in [0.2, 0.25) is 0 Å². The monoisotopic (exact) mass is 514 g/mol. The molecule has 0 aromatic heterocycles. The molecule has 2 unspecified atom stereocenters. The zero-order valence-corrected chi connectivity index (χ0v) is 20.4. The molecule has 37 heavy (non-hydrogen) atoms. The molecule has 0 saturated carbocycles. The molecule has 1 spiro atoms. The number of halogens is 3. The standard InChI is InChI=1S/C27H25F3N2O5/c1-25(2)21-6-4-5-7-22(21)31(16-17-8-10-20(11-9-17)36-27(28,29)30)26(25)13-12-18-14-19(32(33)34)15-23(35-3)24(18)37-26/h4-5,7-15,21H,6,16H2,1-3H3. The van der Waals surface area contributed by atoms with Crippen LogP contribution in [0.5, 0.6) is 17.2 Å². The normalized spacial score (nSPS) is 23.2. The van der Waals surface area contributed by atoms with E-state index in [4.69, 9.17) is 9.47 Å². The first-order valence-corrected chi connectivity index (χ1v) is 11.7. The van der Waals surface area contributed by atoms with E-state index in [1.807, 2.05) is 24.3 Å². The summed E-state index contributed by atoms with van der Waals surface area (Å²) in [7, 11) is 1.43. The summed E-state index contributed by atoms with van der Waals surface area (Å²) in [6.45, 7) is 4.57. The van der Waals surface area contributed by atoms with Crippen LogP contribution in [0.1, 0.15) is 31.4 Å². The van der Waals surface area contributed by atoms with E-state index in [0.717, 1.165) is 17.7 Å². The van der Waals surface area contributed by atoms with Gasteiger partial charge in [0.05, 0.1) is 18.1 Å². The van der Waals surface area contributed by atoms with Crippen LogP contribution in [0.25, 0.3) is 6.08 Å². The van der Waals surface area contributed by atoms with Crippen molar-refractivity contribution < 1.29 is 32.3 Å². The molecule has 3 aliphatic rings. The molecule has 1 fully saturated rings. The molecule has 2 aliphatic heterocycles. The van der Waals surface area contributed by atoms with Crippen molar-refractivity contribution in [2.45, 2.75) is 38.9 Å². The summed E-state index contributed by atoms with van der Waals surface area (Å²) in [5, 5.41) is 11.4. The minimum atomic E-state index is -4.76. The highest BCUT2D eigenvalue weighted by molar-refractivity contribution is 5.69. The van der Waals surface area contributed by atoms with Gasteiger partial charge in [-0.15, -0.1) is 13.2 Å². The molecular formula is C27H25F3N2O5. The number of nitro benzene ring substituents is 1. The van der Waals surface area contributed by atoms with Gasteiger partial charge in [0.15, 0.2) is 11.5 Å². The Kier molecular flexibility index (Phi) is 5.73. The maximum atomic E-state index is 12.6. The predicted molar refractivity (Wildman–Crippen MR) is 130 cm³/mol. The molecule has 2 atom stereocenters. The molecule has 5 rings (SSSR count). The Balaban J connectivity index is 1.57. The number of hydrogen-bond acceptors (Lipinski definition) is 6. The van der Waals surface area contributed by atoms with Crippen molar-refractivity contribution in [1.29, 1.82) is 0 Å². The first kappa shape index (κ1) is 24.7. The average Bonchev–Trinajstić information content (AvgIpc) is 3.02. The van der Waals surface area contributed by atoms with Crippen molar-refractivity contribution in [3.05, 3.63) is 87.6 Å². The van der Waals surface area contributed by atoms with Crippen molar-refractivity contribution in [2.24, 2.45) is 11.3 Å². The van der Waals surface area contributed by atoms with Crippen molar-refractivity contribution in [3.63, 3.8) is 0 Å². The van der Waals surface area contributed by atoms with E-state index in [2.05, 4.69) is 29.6 Å². The lowest BCUT2D eigenvalue weighted by Crippen LogP contribution is -2.55. The second-order valence-corrected chi connectivity index (χ2v) is 9.76. The Labute approximate surface area is 211 Å². The maximum absolute atomic E-state index is 12.6. The summed E-state index contributed by atoms with van der Waals surface area (Å²) >= 11 is 0. The fraction of sp³-hybridized carbons (Fsp3) is 0.333. The van der Waals surface area contributed by atoms with Gasteiger partial charge in [-0.2, -0.15) is 0 Å². The number of methoxy groups -OCH3 is 1. The number of non-ortho nitro benzene ring substituents is 1. The number of hydrogen-bond donors (Lipinski definition) is 0. The SMILES string of the molecule is COc1cc([N+](=O)[O-])cc2c1OC1(C=C2)N(Cc2ccc(OC(F)(F)F)cc2)C2=CC=CCC2C1(C)C. The lowest BCUT2D eigenvalue weighted by molar-refractivity contribution is -0.385. The average molecular weight is 515 g/mol. The van der Waals surface area contributed by atoms with E-state index in [-0.39, 0.29) is 23.1 Å². The van der Waals surface area contributed by atoms with Gasteiger partial charge in [-0.05, 0) is 42.3 Å². The Morgan fingerprint density at radius 2 is 1.95 bits per heavy atom. The van der Waals surface area contributed by atoms with Gasteiger partial charge in [0.25, 0.3) is 5.69 Å². The number of benzene rings is 2. The highest BCUT2D eigenvalue weighted by Crippen LogP contribution is 2.60. The number of alkyl halides is 3. The van der Waals surface area contributed by atoms with Crippen molar-refractivity contribution in [3.8, 4) is 17.2 Å². The van der Waals surface area contributed by atoms with Crippen molar-refractivity contribution in [1.82, 2.24) is 4.90 Å². The molecule has 0 radical (unpaired) electrons. The lowest BCUT2D eigenvalue weighted by atomic mass is 9.70. The van der Waals surface area contributed by atoms with Gasteiger partial charge >= 0.3 is 6.36 Å². The minimum Gasteiger partial charge on any atom is -0.493 e. The molecule has 2 aromatic rings. The number of nitro groups is 1. The van der Waals surface area contributed by atoms with Crippen LogP contribution in [0, 0.1) is 21.4 Å². The largest absolute Gasteiger partial charge is 0.573 e. The van der Waals surface area contributed by atoms with Crippen LogP contribution in [0.3, 0.4) is 0 Å². The first-order valence-electron chi connectivity index (χ1n) is 11.7. The second kappa shape index (κ2) is 8.57. The summed E-state index contributed by atoms with van der Waals surface area (Å²) < 4.78 is 54.1. The van der Waals surface area contributed by atoms with Crippen molar-refractivity contribution in [2.75, 3.05) is 7.11 Å². The van der Waals surface area contributed by atoms with Gasteiger partial charge in [0, 0.05) is 35.2 Å². The Morgan fingerprint density at radius 3 is 2.59 bits per heavy atom. The zero-order valence-electron chi connectivity index (χ0n) is 20.4. The van der Waals surface area contributed by atoms with Gasteiger partial charge in [0.2, 0.25) is 5.72 Å². The fourth-order valence-corrected chi connectivity index (χ4v) is 5.52. The zero-order chi connectivity index (χ0) is 26.6. The third kappa shape index (κ3) is 4.10. The predicted octanol–water partition coefficient (Wildman–Crippen LogP) is 6.61. The van der Waals surface area contributed by atoms with E-state index in [0.29, 0.717) is 17.9 Å². The van der Waals surface area contributed by atoms with Gasteiger partial charge < -0.3 is 19.1 Å². The third-order valence-electron chi connectivity index (χ3n) is 7.38. The smallest absolute Gasteiger partial charge is 0.493 e. The fourth-order valence-electron chi connectivity index (χ4n) is 5.52. The first-order chi connectivity index (χ1) is 17.4. The molecule has 2 heterocycles. The van der Waals surface area contributed by atoms with Crippen LogP contribution in [-0.2, 0) is 6.54 Å². The van der Waals surface area contributed by atoms with Gasteiger partial charge in [0.1, 0.15) is 5.75 Å². The maximum Gasteiger partial charge on any atom is 0.573 e. The Morgan fingerprint density at radius 1 is 1.22 bits per heavy atom. The molecule has 194 valence electrons. The van der Waals surface area contributed by atoms with Gasteiger partial charge in [-0.25, -0.2) is 0 Å². The second-order valence-electron chi connectivity index (χ2n) is 9.76. The Hall–Kier alpha value is -3.95. The quantitative estimate of drug-likeness (QED) is 0.330. The van der Waals surface area contributed by atoms with E-state index in [9.17, 15) is 23.3 Å². The number of allylic oxidation sites excluding steroid dienone is 4. The van der Waals surface area contributed by atoms with Crippen LogP contribution < -0.4 is 14.2 Å². The van der Waals surface area contributed by atoms with Crippen LogP contribution in [0.4, 0.5) is 18.9 Å². The molecule has 1 aliphatic carbocycles. The highest BCUT2D eigenvalue weighted by Gasteiger charge is 2.63. The van der Waals surface area contributed by atoms with E-state index < -0.39 is 22.4 Å². The summed E-state index contributed by atoms with van der Waals surface area (Å²) in [5.41, 5.74) is 0.778. The summed E-state index contributed by atoms with van der Waals surface area (Å²) in [6.07, 6.45) is 5.87. The number of fused-ring (bicyclic) bond motifs is 2. The van der Waals surface area contributed by atoms with Gasteiger partial charge in [-0.1, -0.05) is 38.1 Å². The number of nitrogens with zero attached hydrogens (tertiary/aromatic N) is 2. The number of rotatable bonds is 5. The van der Waals surface area contributed by atoms with Crippen LogP contribution in [0.15, 0.2) is 66.4 Å². The molecule has 0 bridgehead atoms. The molecule has 10 heteroatoms. The third-order valence-corrected chi connectivity index (χ3v) is 7.38. The number of likely N-dealkylation sites (tertiary alicyclic amines) is 1. The minimum absolute atomic E-state index is 0.0978.